The lowest BCUT2D eigenvalue weighted by Gasteiger charge is -2.17. The summed E-state index contributed by atoms with van der Waals surface area (Å²) < 4.78 is 0. The third-order valence-electron chi connectivity index (χ3n) is 3.77. The number of thiazole rings is 1. The fourth-order valence-electron chi connectivity index (χ4n) is 2.55. The van der Waals surface area contributed by atoms with E-state index in [1.54, 1.807) is 11.3 Å². The highest BCUT2D eigenvalue weighted by molar-refractivity contribution is 7.13. The molecule has 1 aliphatic heterocycles. The fourth-order valence-corrected chi connectivity index (χ4v) is 3.40. The highest BCUT2D eigenvalue weighted by atomic mass is 35.5. The Morgan fingerprint density at radius 3 is 2.67 bits per heavy atom. The van der Waals surface area contributed by atoms with E-state index in [9.17, 15) is 0 Å². The molecule has 0 atom stereocenters. The van der Waals surface area contributed by atoms with Crippen LogP contribution in [-0.2, 0) is 0 Å². The molecule has 2 aromatic carbocycles. The Hall–Kier alpha value is -2.37. The van der Waals surface area contributed by atoms with E-state index < -0.39 is 0 Å². The van der Waals surface area contributed by atoms with Crippen LogP contribution in [0.4, 0.5) is 10.8 Å². The number of anilines is 1. The molecule has 1 saturated heterocycles. The first kappa shape index (κ1) is 15.2. The molecular weight excluding hydrogens is 340 g/mol. The summed E-state index contributed by atoms with van der Waals surface area (Å²) in [5.74, 6) is 0.941. The highest BCUT2D eigenvalue weighted by Crippen LogP contribution is 2.28. The summed E-state index contributed by atoms with van der Waals surface area (Å²) in [6, 6.07) is 17.9. The minimum atomic E-state index is 0.727. The van der Waals surface area contributed by atoms with Crippen molar-refractivity contribution in [2.24, 2.45) is 4.99 Å². The Morgan fingerprint density at radius 2 is 1.88 bits per heavy atom. The molecule has 1 aliphatic rings. The van der Waals surface area contributed by atoms with Gasteiger partial charge >= 0.3 is 0 Å². The Balaban J connectivity index is 1.50. The molecule has 0 saturated carbocycles. The van der Waals surface area contributed by atoms with Gasteiger partial charge in [-0.25, -0.2) is 9.98 Å². The standard InChI is InChI=1S/C18H15ClN4S/c19-14-8-6-13(7-9-14)16-12-24-18(20-16)21-17-10-11-23(22-17)15-4-2-1-3-5-15/h1-9,12H,10-11H2,(H,20,21,22). The van der Waals surface area contributed by atoms with E-state index in [1.807, 2.05) is 47.8 Å². The maximum atomic E-state index is 5.93. The smallest absolute Gasteiger partial charge is 0.211 e. The molecule has 4 nitrogen and oxygen atoms in total. The van der Waals surface area contributed by atoms with Gasteiger partial charge in [0.15, 0.2) is 0 Å². The van der Waals surface area contributed by atoms with Gasteiger partial charge in [0.25, 0.3) is 0 Å². The molecule has 0 unspecified atom stereocenters. The number of hydrogen-bond donors (Lipinski definition) is 1. The van der Waals surface area contributed by atoms with Crippen LogP contribution in [0.5, 0.6) is 0 Å². The Kier molecular flexibility index (Phi) is 4.19. The van der Waals surface area contributed by atoms with Crippen molar-refractivity contribution in [1.82, 2.24) is 10.4 Å². The van der Waals surface area contributed by atoms with Gasteiger partial charge in [-0.15, -0.1) is 11.3 Å². The second-order valence-electron chi connectivity index (χ2n) is 5.43. The molecule has 1 N–H and O–H groups in total. The van der Waals surface area contributed by atoms with E-state index in [0.717, 1.165) is 45.9 Å². The normalized spacial score (nSPS) is 15.7. The van der Waals surface area contributed by atoms with Crippen molar-refractivity contribution in [3.8, 4) is 11.3 Å². The summed E-state index contributed by atoms with van der Waals surface area (Å²) in [4.78, 5) is 9.24. The fraction of sp³-hybridized carbons (Fsp3) is 0.111. The summed E-state index contributed by atoms with van der Waals surface area (Å²) in [6.07, 6.45) is 0.880. The molecule has 3 aromatic rings. The van der Waals surface area contributed by atoms with Crippen LogP contribution in [0.3, 0.4) is 0 Å². The Labute approximate surface area is 149 Å². The summed E-state index contributed by atoms with van der Waals surface area (Å²) in [5.41, 5.74) is 6.46. The first-order valence-corrected chi connectivity index (χ1v) is 8.92. The monoisotopic (exact) mass is 354 g/mol. The maximum absolute atomic E-state index is 5.93. The molecule has 4 rings (SSSR count). The predicted octanol–water partition coefficient (Wildman–Crippen LogP) is 4.91. The zero-order chi connectivity index (χ0) is 16.4. The van der Waals surface area contributed by atoms with Crippen molar-refractivity contribution in [3.63, 3.8) is 0 Å². The number of rotatable bonds is 3. The molecule has 6 heteroatoms. The van der Waals surface area contributed by atoms with E-state index in [2.05, 4.69) is 32.5 Å². The van der Waals surface area contributed by atoms with Gasteiger partial charge in [-0.1, -0.05) is 41.9 Å². The highest BCUT2D eigenvalue weighted by Gasteiger charge is 2.17. The number of hydrazine groups is 1. The Morgan fingerprint density at radius 1 is 1.08 bits per heavy atom. The van der Waals surface area contributed by atoms with Gasteiger partial charge in [-0.2, -0.15) is 0 Å². The van der Waals surface area contributed by atoms with Crippen molar-refractivity contribution in [1.29, 1.82) is 0 Å². The van der Waals surface area contributed by atoms with Crippen LogP contribution in [0.2, 0.25) is 5.02 Å². The predicted molar refractivity (Wildman–Crippen MR) is 101 cm³/mol. The summed E-state index contributed by atoms with van der Waals surface area (Å²) >= 11 is 7.47. The van der Waals surface area contributed by atoms with Gasteiger partial charge in [-0.05, 0) is 24.3 Å². The summed E-state index contributed by atoms with van der Waals surface area (Å²) in [6.45, 7) is 0.901. The van der Waals surface area contributed by atoms with Gasteiger partial charge in [-0.3, -0.25) is 10.4 Å². The lowest BCUT2D eigenvalue weighted by atomic mass is 10.2. The molecule has 24 heavy (non-hydrogen) atoms. The largest absolute Gasteiger partial charge is 0.286 e. The lowest BCUT2D eigenvalue weighted by molar-refractivity contribution is 0.858. The van der Waals surface area contributed by atoms with E-state index in [1.165, 1.54) is 0 Å². The zero-order valence-corrected chi connectivity index (χ0v) is 14.4. The number of aromatic nitrogens is 1. The van der Waals surface area contributed by atoms with Crippen LogP contribution >= 0.6 is 22.9 Å². The first-order chi connectivity index (χ1) is 11.8. The van der Waals surface area contributed by atoms with Crippen LogP contribution in [0.15, 0.2) is 65.0 Å². The van der Waals surface area contributed by atoms with E-state index in [4.69, 9.17) is 11.6 Å². The average Bonchev–Trinajstić information content (AvgIpc) is 3.27. The molecule has 120 valence electrons. The van der Waals surface area contributed by atoms with Gasteiger partial charge in [0.2, 0.25) is 5.13 Å². The molecule has 2 heterocycles. The number of halogens is 1. The zero-order valence-electron chi connectivity index (χ0n) is 12.8. The Bertz CT molecular complexity index is 858. The SMILES string of the molecule is Clc1ccc(-c2csc(N=C3CCN(c4ccccc4)N3)n2)cc1. The second-order valence-corrected chi connectivity index (χ2v) is 6.70. The molecule has 0 aliphatic carbocycles. The van der Waals surface area contributed by atoms with Gasteiger partial charge in [0, 0.05) is 28.9 Å². The van der Waals surface area contributed by atoms with Gasteiger partial charge in [0.1, 0.15) is 5.84 Å². The van der Waals surface area contributed by atoms with Gasteiger partial charge < -0.3 is 0 Å². The number of aliphatic imine (C=N–C) groups is 1. The number of hydrogen-bond acceptors (Lipinski definition) is 4. The van der Waals surface area contributed by atoms with Crippen LogP contribution < -0.4 is 10.4 Å². The van der Waals surface area contributed by atoms with Crippen molar-refractivity contribution in [2.75, 3.05) is 11.6 Å². The third-order valence-corrected chi connectivity index (χ3v) is 4.75. The number of nitrogens with zero attached hydrogens (tertiary/aromatic N) is 3. The van der Waals surface area contributed by atoms with Crippen molar-refractivity contribution >= 4 is 39.6 Å². The van der Waals surface area contributed by atoms with Crippen LogP contribution in [-0.4, -0.2) is 17.4 Å². The minimum Gasteiger partial charge on any atom is -0.286 e. The lowest BCUT2D eigenvalue weighted by Crippen LogP contribution is -2.32. The van der Waals surface area contributed by atoms with E-state index >= 15 is 0 Å². The van der Waals surface area contributed by atoms with Crippen molar-refractivity contribution < 1.29 is 0 Å². The minimum absolute atomic E-state index is 0.727. The second kappa shape index (κ2) is 6.63. The van der Waals surface area contributed by atoms with Crippen LogP contribution in [0, 0.1) is 0 Å². The first-order valence-electron chi connectivity index (χ1n) is 7.66. The molecule has 0 spiro atoms. The molecule has 1 fully saturated rings. The molecule has 1 aromatic heterocycles. The van der Waals surface area contributed by atoms with Gasteiger partial charge in [0.05, 0.1) is 11.4 Å². The van der Waals surface area contributed by atoms with Crippen molar-refractivity contribution in [2.45, 2.75) is 6.42 Å². The van der Waals surface area contributed by atoms with Crippen LogP contribution in [0.25, 0.3) is 11.3 Å². The van der Waals surface area contributed by atoms with Crippen molar-refractivity contribution in [3.05, 3.63) is 65.0 Å². The maximum Gasteiger partial charge on any atom is 0.211 e. The molecule has 0 amide bonds. The molecule has 0 radical (unpaired) electrons. The van der Waals surface area contributed by atoms with E-state index in [-0.39, 0.29) is 0 Å². The number of benzene rings is 2. The summed E-state index contributed by atoms with van der Waals surface area (Å²) in [7, 11) is 0. The number of para-hydroxylation sites is 1. The molecule has 0 bridgehead atoms. The molecular formula is C18H15ClN4S. The number of nitrogens with one attached hydrogen (secondary N) is 1. The average molecular weight is 355 g/mol. The quantitative estimate of drug-likeness (QED) is 0.726. The van der Waals surface area contributed by atoms with Crippen LogP contribution in [0.1, 0.15) is 6.42 Å². The summed E-state index contributed by atoms with van der Waals surface area (Å²) in [5, 5.41) is 5.61. The van der Waals surface area contributed by atoms with E-state index in [0.29, 0.717) is 0 Å². The third kappa shape index (κ3) is 3.27. The topological polar surface area (TPSA) is 40.5 Å². The number of amidine groups is 1.